The Bertz CT molecular complexity index is 1520. The Kier molecular flexibility index (Phi) is 9.08. The first-order valence-corrected chi connectivity index (χ1v) is 13.1. The first-order chi connectivity index (χ1) is 19.2. The van der Waals surface area contributed by atoms with Gasteiger partial charge in [0.2, 0.25) is 0 Å². The van der Waals surface area contributed by atoms with Crippen LogP contribution in [0, 0.1) is 18.8 Å². The van der Waals surface area contributed by atoms with E-state index in [1.54, 1.807) is 23.0 Å². The molecule has 0 spiro atoms. The molecule has 1 aromatic heterocycles. The van der Waals surface area contributed by atoms with E-state index in [0.29, 0.717) is 24.7 Å². The first-order valence-electron chi connectivity index (χ1n) is 13.1. The number of rotatable bonds is 9. The van der Waals surface area contributed by atoms with Crippen molar-refractivity contribution >= 4 is 11.5 Å². The molecule has 6 nitrogen and oxygen atoms in total. The first kappa shape index (κ1) is 28.3. The minimum Gasteiger partial charge on any atom is -0.489 e. The van der Waals surface area contributed by atoms with Crippen LogP contribution in [0.15, 0.2) is 91.3 Å². The third kappa shape index (κ3) is 7.87. The van der Waals surface area contributed by atoms with E-state index in [1.165, 1.54) is 5.56 Å². The number of hydrogen-bond acceptors (Lipinski definition) is 4. The summed E-state index contributed by atoms with van der Waals surface area (Å²) in [5.41, 5.74) is 6.33. The van der Waals surface area contributed by atoms with Crippen LogP contribution in [0.25, 0.3) is 5.57 Å². The second-order valence-electron chi connectivity index (χ2n) is 10.4. The summed E-state index contributed by atoms with van der Waals surface area (Å²) < 4.78 is 13.2. The summed E-state index contributed by atoms with van der Waals surface area (Å²) in [7, 11) is 0. The van der Waals surface area contributed by atoms with Gasteiger partial charge in [0.25, 0.3) is 0 Å². The Labute approximate surface area is 235 Å². The van der Waals surface area contributed by atoms with Gasteiger partial charge in [0.15, 0.2) is 6.61 Å². The monoisotopic (exact) mass is 534 g/mol. The summed E-state index contributed by atoms with van der Waals surface area (Å²) in [5.74, 6) is 6.56. The van der Waals surface area contributed by atoms with Gasteiger partial charge in [-0.1, -0.05) is 69.0 Å². The Morgan fingerprint density at radius 1 is 1.00 bits per heavy atom. The van der Waals surface area contributed by atoms with E-state index >= 15 is 0 Å². The minimum atomic E-state index is -1.01. The molecule has 4 rings (SSSR count). The zero-order chi connectivity index (χ0) is 28.5. The van der Waals surface area contributed by atoms with Crippen molar-refractivity contribution in [3.05, 3.63) is 119 Å². The van der Waals surface area contributed by atoms with E-state index in [-0.39, 0.29) is 12.0 Å². The number of carboxylic acids is 1. The van der Waals surface area contributed by atoms with Crippen molar-refractivity contribution in [2.45, 2.75) is 39.7 Å². The summed E-state index contributed by atoms with van der Waals surface area (Å²) in [6, 6.07) is 24.1. The molecule has 1 N–H and O–H groups in total. The van der Waals surface area contributed by atoms with Crippen molar-refractivity contribution in [3.8, 4) is 23.3 Å². The van der Waals surface area contributed by atoms with Crippen LogP contribution >= 0.6 is 0 Å². The molecule has 0 unspecified atom stereocenters. The van der Waals surface area contributed by atoms with Crippen LogP contribution in [0.4, 0.5) is 0 Å². The van der Waals surface area contributed by atoms with Crippen LogP contribution in [-0.4, -0.2) is 34.1 Å². The highest BCUT2D eigenvalue weighted by atomic mass is 16.5. The normalized spacial score (nSPS) is 11.4. The van der Waals surface area contributed by atoms with Crippen molar-refractivity contribution in [3.63, 3.8) is 0 Å². The summed E-state index contributed by atoms with van der Waals surface area (Å²) in [6.07, 6.45) is 5.72. The number of aliphatic carboxylic acids is 1. The lowest BCUT2D eigenvalue weighted by atomic mass is 9.85. The lowest BCUT2D eigenvalue weighted by Gasteiger charge is -2.19. The average Bonchev–Trinajstić information content (AvgIpc) is 3.44. The molecule has 0 bridgehead atoms. The summed E-state index contributed by atoms with van der Waals surface area (Å²) in [6.45, 7) is 9.01. The highest BCUT2D eigenvalue weighted by Gasteiger charge is 2.14. The fourth-order valence-corrected chi connectivity index (χ4v) is 4.14. The van der Waals surface area contributed by atoms with E-state index in [4.69, 9.17) is 14.6 Å². The predicted molar refractivity (Wildman–Crippen MR) is 158 cm³/mol. The summed E-state index contributed by atoms with van der Waals surface area (Å²) in [4.78, 5) is 10.8. The van der Waals surface area contributed by atoms with E-state index in [2.05, 4.69) is 80.2 Å². The van der Waals surface area contributed by atoms with Crippen LogP contribution in [0.3, 0.4) is 0 Å². The van der Waals surface area contributed by atoms with E-state index in [0.717, 1.165) is 27.8 Å². The number of carbonyl (C=O) groups is 1. The van der Waals surface area contributed by atoms with Gasteiger partial charge in [-0.25, -0.2) is 4.79 Å². The molecule has 204 valence electrons. The van der Waals surface area contributed by atoms with Crippen molar-refractivity contribution in [1.29, 1.82) is 0 Å². The third-order valence-electron chi connectivity index (χ3n) is 6.33. The number of carboxylic acid groups (broad SMARTS) is 1. The number of benzene rings is 3. The fraction of sp³-hybridized carbons (Fsp3) is 0.235. The van der Waals surface area contributed by atoms with E-state index < -0.39 is 5.97 Å². The SMILES string of the molecule is Cc1cc(OCC=C(c2ccc(C#CCn3cccn3)cc2)c2ccc(C(C)(C)C)cc2)ccc1OCC(=O)O. The number of hydrogen-bond donors (Lipinski definition) is 1. The molecule has 0 aliphatic heterocycles. The van der Waals surface area contributed by atoms with Gasteiger partial charge in [-0.2, -0.15) is 5.10 Å². The molecule has 0 atom stereocenters. The van der Waals surface area contributed by atoms with Gasteiger partial charge in [0.05, 0.1) is 0 Å². The molecule has 6 heteroatoms. The van der Waals surface area contributed by atoms with Crippen molar-refractivity contribution in [1.82, 2.24) is 9.78 Å². The molecule has 40 heavy (non-hydrogen) atoms. The Morgan fingerprint density at radius 2 is 1.70 bits per heavy atom. The van der Waals surface area contributed by atoms with Gasteiger partial charge >= 0.3 is 5.97 Å². The minimum absolute atomic E-state index is 0.0697. The molecule has 0 saturated carbocycles. The zero-order valence-electron chi connectivity index (χ0n) is 23.3. The highest BCUT2D eigenvalue weighted by Crippen LogP contribution is 2.28. The molecular formula is C34H34N2O4. The van der Waals surface area contributed by atoms with Gasteiger partial charge < -0.3 is 14.6 Å². The summed E-state index contributed by atoms with van der Waals surface area (Å²) >= 11 is 0. The smallest absolute Gasteiger partial charge is 0.341 e. The quantitative estimate of drug-likeness (QED) is 0.248. The maximum atomic E-state index is 10.8. The van der Waals surface area contributed by atoms with E-state index in [9.17, 15) is 4.79 Å². The van der Waals surface area contributed by atoms with Crippen LogP contribution in [-0.2, 0) is 16.8 Å². The third-order valence-corrected chi connectivity index (χ3v) is 6.33. The molecule has 0 aliphatic carbocycles. The maximum absolute atomic E-state index is 10.8. The molecule has 0 aliphatic rings. The van der Waals surface area contributed by atoms with E-state index in [1.807, 2.05) is 37.4 Å². The Hall–Kier alpha value is -4.76. The molecule has 4 aromatic rings. The number of aryl methyl sites for hydroxylation is 1. The van der Waals surface area contributed by atoms with Gasteiger partial charge in [0.1, 0.15) is 24.7 Å². The second-order valence-corrected chi connectivity index (χ2v) is 10.4. The topological polar surface area (TPSA) is 73.6 Å². The molecule has 3 aromatic carbocycles. The maximum Gasteiger partial charge on any atom is 0.341 e. The standard InChI is InChI=1S/C34H34N2O4/c1-25-23-30(16-17-32(25)40-24-33(37)38)39-22-18-31(28-12-14-29(15-13-28)34(2,3)4)27-10-8-26(9-11-27)7-5-20-36-21-6-19-35-36/h6,8-19,21,23H,20,22,24H2,1-4H3,(H,37,38). The number of ether oxygens (including phenoxy) is 2. The molecular weight excluding hydrogens is 500 g/mol. The van der Waals surface area contributed by atoms with Crippen LogP contribution < -0.4 is 9.47 Å². The zero-order valence-corrected chi connectivity index (χ0v) is 23.3. The van der Waals surface area contributed by atoms with Gasteiger partial charge in [-0.3, -0.25) is 4.68 Å². The second kappa shape index (κ2) is 12.9. The Morgan fingerprint density at radius 3 is 2.30 bits per heavy atom. The van der Waals surface area contributed by atoms with Crippen LogP contribution in [0.1, 0.15) is 48.6 Å². The van der Waals surface area contributed by atoms with Gasteiger partial charge in [-0.15, -0.1) is 0 Å². The molecule has 0 saturated heterocycles. The van der Waals surface area contributed by atoms with Gasteiger partial charge in [-0.05, 0) is 82.6 Å². The number of aromatic nitrogens is 2. The largest absolute Gasteiger partial charge is 0.489 e. The van der Waals surface area contributed by atoms with Crippen molar-refractivity contribution in [2.24, 2.45) is 0 Å². The number of nitrogens with zero attached hydrogens (tertiary/aromatic N) is 2. The Balaban J connectivity index is 1.54. The van der Waals surface area contributed by atoms with Crippen LogP contribution in [0.5, 0.6) is 11.5 Å². The van der Waals surface area contributed by atoms with Crippen LogP contribution in [0.2, 0.25) is 0 Å². The lowest BCUT2D eigenvalue weighted by Crippen LogP contribution is -2.10. The molecule has 0 radical (unpaired) electrons. The predicted octanol–water partition coefficient (Wildman–Crippen LogP) is 6.51. The fourth-order valence-electron chi connectivity index (χ4n) is 4.14. The molecule has 1 heterocycles. The summed E-state index contributed by atoms with van der Waals surface area (Å²) in [5, 5.41) is 13.0. The highest BCUT2D eigenvalue weighted by molar-refractivity contribution is 5.80. The van der Waals surface area contributed by atoms with Crippen molar-refractivity contribution < 1.29 is 19.4 Å². The average molecular weight is 535 g/mol. The molecule has 0 amide bonds. The van der Waals surface area contributed by atoms with Crippen molar-refractivity contribution in [2.75, 3.05) is 13.2 Å². The lowest BCUT2D eigenvalue weighted by molar-refractivity contribution is -0.139. The van der Waals surface area contributed by atoms with Gasteiger partial charge in [0, 0.05) is 18.0 Å². The molecule has 0 fully saturated rings.